The van der Waals surface area contributed by atoms with Crippen LogP contribution in [-0.4, -0.2) is 23.2 Å². The number of carbonyl (C=O) groups is 1. The van der Waals surface area contributed by atoms with Gasteiger partial charge in [-0.25, -0.2) is 0 Å². The monoisotopic (exact) mass is 345 g/mol. The van der Waals surface area contributed by atoms with Gasteiger partial charge in [-0.3, -0.25) is 4.79 Å². The highest BCUT2D eigenvalue weighted by Crippen LogP contribution is 2.19. The molecule has 0 aromatic heterocycles. The quantitative estimate of drug-likeness (QED) is 0.809. The maximum Gasteiger partial charge on any atom is 0.251 e. The van der Waals surface area contributed by atoms with Gasteiger partial charge in [0.15, 0.2) is 0 Å². The first-order valence-corrected chi connectivity index (χ1v) is 6.99. The van der Waals surface area contributed by atoms with Crippen molar-refractivity contribution in [2.45, 2.75) is 37.8 Å². The van der Waals surface area contributed by atoms with Crippen LogP contribution in [0, 0.1) is 3.57 Å². The molecule has 17 heavy (non-hydrogen) atoms. The van der Waals surface area contributed by atoms with Crippen LogP contribution < -0.4 is 5.32 Å². The fraction of sp³-hybridized carbons (Fsp3) is 0.462. The lowest BCUT2D eigenvalue weighted by Crippen LogP contribution is -2.45. The molecule has 4 heteroatoms. The lowest BCUT2D eigenvalue weighted by Gasteiger charge is -2.28. The van der Waals surface area contributed by atoms with E-state index in [1.807, 2.05) is 18.2 Å². The van der Waals surface area contributed by atoms with Gasteiger partial charge in [0.2, 0.25) is 0 Å². The Hall–Kier alpha value is -0.620. The third-order valence-electron chi connectivity index (χ3n) is 3.13. The van der Waals surface area contributed by atoms with Gasteiger partial charge >= 0.3 is 0 Å². The predicted molar refractivity (Wildman–Crippen MR) is 74.9 cm³/mol. The number of nitrogens with one attached hydrogen (secondary N) is 1. The lowest BCUT2D eigenvalue weighted by atomic mass is 9.92. The number of carbonyl (C=O) groups excluding carboxylic acids is 1. The first-order valence-electron chi connectivity index (χ1n) is 5.91. The van der Waals surface area contributed by atoms with Crippen LogP contribution in [0.5, 0.6) is 0 Å². The van der Waals surface area contributed by atoms with E-state index in [2.05, 4.69) is 27.9 Å². The third-order valence-corrected chi connectivity index (χ3v) is 3.80. The number of benzene rings is 1. The van der Waals surface area contributed by atoms with Crippen molar-refractivity contribution in [2.75, 3.05) is 0 Å². The van der Waals surface area contributed by atoms with Crippen molar-refractivity contribution in [1.29, 1.82) is 0 Å². The van der Waals surface area contributed by atoms with Gasteiger partial charge in [0.1, 0.15) is 0 Å². The van der Waals surface area contributed by atoms with E-state index in [0.717, 1.165) is 29.3 Å². The number of amides is 1. The van der Waals surface area contributed by atoms with Crippen LogP contribution >= 0.6 is 22.6 Å². The van der Waals surface area contributed by atoms with Gasteiger partial charge in [0.25, 0.3) is 5.91 Å². The van der Waals surface area contributed by atoms with Crippen LogP contribution in [0.25, 0.3) is 0 Å². The lowest BCUT2D eigenvalue weighted by molar-refractivity contribution is 0.0717. The summed E-state index contributed by atoms with van der Waals surface area (Å²) < 4.78 is 1.04. The summed E-state index contributed by atoms with van der Waals surface area (Å²) in [5.74, 6) is -0.0885. The van der Waals surface area contributed by atoms with E-state index in [4.69, 9.17) is 0 Å². The van der Waals surface area contributed by atoms with E-state index < -0.39 is 6.10 Å². The van der Waals surface area contributed by atoms with Gasteiger partial charge in [-0.1, -0.05) is 18.9 Å². The second kappa shape index (κ2) is 5.82. The molecule has 1 aliphatic rings. The average molecular weight is 345 g/mol. The Morgan fingerprint density at radius 2 is 2.12 bits per heavy atom. The Morgan fingerprint density at radius 1 is 1.35 bits per heavy atom. The molecule has 1 fully saturated rings. The summed E-state index contributed by atoms with van der Waals surface area (Å²) in [6.45, 7) is 0. The number of hydrogen-bond donors (Lipinski definition) is 2. The molecule has 0 heterocycles. The molecule has 3 nitrogen and oxygen atoms in total. The minimum absolute atomic E-state index is 0.0885. The summed E-state index contributed by atoms with van der Waals surface area (Å²) in [6, 6.07) is 7.38. The number of halogens is 1. The van der Waals surface area contributed by atoms with Gasteiger partial charge in [0, 0.05) is 9.13 Å². The Bertz CT molecular complexity index is 408. The van der Waals surface area contributed by atoms with E-state index in [9.17, 15) is 9.90 Å². The molecular weight excluding hydrogens is 329 g/mol. The van der Waals surface area contributed by atoms with Gasteiger partial charge in [-0.05, 0) is 53.6 Å². The minimum Gasteiger partial charge on any atom is -0.391 e. The van der Waals surface area contributed by atoms with Crippen LogP contribution in [0.3, 0.4) is 0 Å². The first kappa shape index (κ1) is 12.8. The number of aliphatic hydroxyl groups is 1. The van der Waals surface area contributed by atoms with Gasteiger partial charge in [0.05, 0.1) is 12.1 Å². The summed E-state index contributed by atoms with van der Waals surface area (Å²) in [5.41, 5.74) is 0.662. The highest BCUT2D eigenvalue weighted by molar-refractivity contribution is 14.1. The summed E-state index contributed by atoms with van der Waals surface area (Å²) >= 11 is 2.18. The van der Waals surface area contributed by atoms with Crippen LogP contribution in [0.4, 0.5) is 0 Å². The van der Waals surface area contributed by atoms with Crippen LogP contribution in [0.1, 0.15) is 36.0 Å². The number of aliphatic hydroxyl groups excluding tert-OH is 1. The molecule has 0 spiro atoms. The molecule has 0 aliphatic heterocycles. The zero-order valence-corrected chi connectivity index (χ0v) is 11.7. The van der Waals surface area contributed by atoms with Gasteiger partial charge < -0.3 is 10.4 Å². The summed E-state index contributed by atoms with van der Waals surface area (Å²) in [7, 11) is 0. The molecule has 1 aromatic rings. The molecule has 2 unspecified atom stereocenters. The maximum absolute atomic E-state index is 12.0. The molecule has 0 radical (unpaired) electrons. The van der Waals surface area contributed by atoms with E-state index in [1.54, 1.807) is 6.07 Å². The zero-order chi connectivity index (χ0) is 12.3. The zero-order valence-electron chi connectivity index (χ0n) is 9.53. The standard InChI is InChI=1S/C13H16INO2/c14-10-5-3-4-9(8-10)13(17)15-11-6-1-2-7-12(11)16/h3-5,8,11-12,16H,1-2,6-7H2,(H,15,17). The Kier molecular flexibility index (Phi) is 4.39. The van der Waals surface area contributed by atoms with Crippen molar-refractivity contribution >= 4 is 28.5 Å². The molecular formula is C13H16INO2. The van der Waals surface area contributed by atoms with Crippen molar-refractivity contribution in [2.24, 2.45) is 0 Å². The van der Waals surface area contributed by atoms with Crippen LogP contribution in [-0.2, 0) is 0 Å². The highest BCUT2D eigenvalue weighted by Gasteiger charge is 2.24. The second-order valence-corrected chi connectivity index (χ2v) is 5.69. The van der Waals surface area contributed by atoms with Crippen LogP contribution in [0.15, 0.2) is 24.3 Å². The van der Waals surface area contributed by atoms with Crippen LogP contribution in [0.2, 0.25) is 0 Å². The molecule has 1 aliphatic carbocycles. The van der Waals surface area contributed by atoms with Crippen molar-refractivity contribution in [3.63, 3.8) is 0 Å². The second-order valence-electron chi connectivity index (χ2n) is 4.44. The first-order chi connectivity index (χ1) is 8.16. The SMILES string of the molecule is O=C(NC1CCCCC1O)c1cccc(I)c1. The normalized spacial score (nSPS) is 24.4. The molecule has 0 saturated heterocycles. The summed E-state index contributed by atoms with van der Waals surface area (Å²) in [6.07, 6.45) is 3.40. The van der Waals surface area contributed by atoms with E-state index >= 15 is 0 Å². The molecule has 2 N–H and O–H groups in total. The molecule has 2 atom stereocenters. The molecule has 1 amide bonds. The van der Waals surface area contributed by atoms with E-state index in [-0.39, 0.29) is 11.9 Å². The summed E-state index contributed by atoms with van der Waals surface area (Å²) in [5, 5.41) is 12.7. The van der Waals surface area contributed by atoms with Crippen molar-refractivity contribution in [3.8, 4) is 0 Å². The average Bonchev–Trinajstić information content (AvgIpc) is 2.32. The fourth-order valence-corrected chi connectivity index (χ4v) is 2.70. The summed E-state index contributed by atoms with van der Waals surface area (Å²) in [4.78, 5) is 12.0. The molecule has 1 aromatic carbocycles. The fourth-order valence-electron chi connectivity index (χ4n) is 2.16. The Labute approximate surface area is 115 Å². The smallest absolute Gasteiger partial charge is 0.251 e. The third kappa shape index (κ3) is 3.42. The molecule has 1 saturated carbocycles. The predicted octanol–water partition coefficient (Wildman–Crippen LogP) is 2.32. The van der Waals surface area contributed by atoms with E-state index in [0.29, 0.717) is 5.56 Å². The Morgan fingerprint density at radius 3 is 2.82 bits per heavy atom. The molecule has 0 bridgehead atoms. The van der Waals surface area contributed by atoms with Crippen molar-refractivity contribution < 1.29 is 9.90 Å². The topological polar surface area (TPSA) is 49.3 Å². The maximum atomic E-state index is 12.0. The number of hydrogen-bond acceptors (Lipinski definition) is 2. The highest BCUT2D eigenvalue weighted by atomic mass is 127. The van der Waals surface area contributed by atoms with E-state index in [1.165, 1.54) is 0 Å². The van der Waals surface area contributed by atoms with Crippen molar-refractivity contribution in [3.05, 3.63) is 33.4 Å². The minimum atomic E-state index is -0.393. The number of rotatable bonds is 2. The largest absolute Gasteiger partial charge is 0.391 e. The van der Waals surface area contributed by atoms with Crippen molar-refractivity contribution in [1.82, 2.24) is 5.32 Å². The van der Waals surface area contributed by atoms with Gasteiger partial charge in [-0.15, -0.1) is 0 Å². The Balaban J connectivity index is 2.01. The molecule has 2 rings (SSSR count). The molecule has 92 valence electrons. The van der Waals surface area contributed by atoms with Gasteiger partial charge in [-0.2, -0.15) is 0 Å².